The summed E-state index contributed by atoms with van der Waals surface area (Å²) in [4.78, 5) is 12.3. The molecule has 2 aromatic rings. The summed E-state index contributed by atoms with van der Waals surface area (Å²) in [7, 11) is 0. The van der Waals surface area contributed by atoms with E-state index in [1.165, 1.54) is 11.1 Å². The van der Waals surface area contributed by atoms with Gasteiger partial charge in [-0.3, -0.25) is 4.79 Å². The molecule has 0 aliphatic carbocycles. The van der Waals surface area contributed by atoms with Crippen molar-refractivity contribution in [1.29, 1.82) is 0 Å². The molecule has 3 N–H and O–H groups in total. The topological polar surface area (TPSA) is 55.1 Å². The Morgan fingerprint density at radius 3 is 2.30 bits per heavy atom. The summed E-state index contributed by atoms with van der Waals surface area (Å²) in [5, 5.41) is 3.11. The fourth-order valence-corrected chi connectivity index (χ4v) is 2.71. The third kappa shape index (κ3) is 4.35. The fourth-order valence-electron chi connectivity index (χ4n) is 2.71. The molecule has 2 rings (SSSR count). The van der Waals surface area contributed by atoms with E-state index in [0.717, 1.165) is 35.3 Å². The number of nitrogens with one attached hydrogen (secondary N) is 1. The minimum Gasteiger partial charge on any atom is -0.399 e. The molecule has 23 heavy (non-hydrogen) atoms. The minimum atomic E-state index is 0.0553. The Bertz CT molecular complexity index is 670. The second kappa shape index (κ2) is 7.82. The first-order valence-electron chi connectivity index (χ1n) is 8.30. The Morgan fingerprint density at radius 2 is 1.74 bits per heavy atom. The predicted molar refractivity (Wildman–Crippen MR) is 97.7 cm³/mol. The van der Waals surface area contributed by atoms with E-state index in [9.17, 15) is 4.79 Å². The lowest BCUT2D eigenvalue weighted by molar-refractivity contribution is -0.116. The Hall–Kier alpha value is -2.29. The monoisotopic (exact) mass is 310 g/mol. The van der Waals surface area contributed by atoms with E-state index in [2.05, 4.69) is 37.4 Å². The molecule has 0 saturated carbocycles. The lowest BCUT2D eigenvalue weighted by Crippen LogP contribution is -2.15. The van der Waals surface area contributed by atoms with Crippen molar-refractivity contribution >= 4 is 17.3 Å². The number of hydrogen-bond donors (Lipinski definition) is 2. The molecule has 0 atom stereocenters. The highest BCUT2D eigenvalue weighted by Crippen LogP contribution is 2.23. The normalized spacial score (nSPS) is 10.6. The number of nitrogen functional groups attached to an aromatic ring is 1. The Balaban J connectivity index is 2.04. The van der Waals surface area contributed by atoms with E-state index in [-0.39, 0.29) is 5.91 Å². The van der Waals surface area contributed by atoms with Crippen LogP contribution in [0.4, 0.5) is 11.4 Å². The number of para-hydroxylation sites is 1. The van der Waals surface area contributed by atoms with Gasteiger partial charge < -0.3 is 11.1 Å². The zero-order valence-electron chi connectivity index (χ0n) is 14.3. The minimum absolute atomic E-state index is 0.0553. The van der Waals surface area contributed by atoms with E-state index >= 15 is 0 Å². The van der Waals surface area contributed by atoms with Crippen LogP contribution in [-0.4, -0.2) is 5.91 Å². The molecule has 0 unspecified atom stereocenters. The van der Waals surface area contributed by atoms with Gasteiger partial charge in [-0.1, -0.05) is 44.2 Å². The summed E-state index contributed by atoms with van der Waals surface area (Å²) >= 11 is 0. The van der Waals surface area contributed by atoms with Gasteiger partial charge in [-0.15, -0.1) is 0 Å². The largest absolute Gasteiger partial charge is 0.399 e. The number of nitrogens with two attached hydrogens (primary N) is 1. The first-order valence-corrected chi connectivity index (χ1v) is 8.30. The van der Waals surface area contributed by atoms with E-state index in [1.807, 2.05) is 25.1 Å². The molecule has 3 nitrogen and oxygen atoms in total. The summed E-state index contributed by atoms with van der Waals surface area (Å²) in [5.74, 6) is 0.0553. The van der Waals surface area contributed by atoms with E-state index in [1.54, 1.807) is 0 Å². The van der Waals surface area contributed by atoms with E-state index in [4.69, 9.17) is 5.73 Å². The first kappa shape index (κ1) is 17.1. The van der Waals surface area contributed by atoms with Crippen LogP contribution in [0.3, 0.4) is 0 Å². The van der Waals surface area contributed by atoms with Crippen LogP contribution >= 0.6 is 0 Å². The van der Waals surface area contributed by atoms with Crippen molar-refractivity contribution in [2.45, 2.75) is 46.5 Å². The predicted octanol–water partition coefficient (Wildman–Crippen LogP) is 4.27. The number of anilines is 2. The second-order valence-corrected chi connectivity index (χ2v) is 5.90. The second-order valence-electron chi connectivity index (χ2n) is 5.90. The lowest BCUT2D eigenvalue weighted by Gasteiger charge is -2.14. The smallest absolute Gasteiger partial charge is 0.224 e. The molecule has 0 aliphatic heterocycles. The van der Waals surface area contributed by atoms with Gasteiger partial charge >= 0.3 is 0 Å². The van der Waals surface area contributed by atoms with Gasteiger partial charge in [0.15, 0.2) is 0 Å². The van der Waals surface area contributed by atoms with Crippen LogP contribution in [0, 0.1) is 6.92 Å². The van der Waals surface area contributed by atoms with Crippen LogP contribution in [0.25, 0.3) is 0 Å². The molecule has 0 radical (unpaired) electrons. The molecule has 0 heterocycles. The molecule has 122 valence electrons. The van der Waals surface area contributed by atoms with Crippen molar-refractivity contribution < 1.29 is 4.79 Å². The molecule has 1 amide bonds. The van der Waals surface area contributed by atoms with Gasteiger partial charge in [0.25, 0.3) is 0 Å². The van der Waals surface area contributed by atoms with Crippen molar-refractivity contribution in [2.75, 3.05) is 11.1 Å². The number of carbonyl (C=O) groups excluding carboxylic acids is 1. The maximum absolute atomic E-state index is 12.3. The van der Waals surface area contributed by atoms with Crippen LogP contribution in [-0.2, 0) is 24.1 Å². The highest BCUT2D eigenvalue weighted by Gasteiger charge is 2.10. The van der Waals surface area contributed by atoms with Gasteiger partial charge in [-0.2, -0.15) is 0 Å². The zero-order chi connectivity index (χ0) is 16.8. The number of aryl methyl sites for hydroxylation is 4. The SMILES string of the molecule is CCc1cccc(CC)c1NC(=O)CCc1ccc(C)c(N)c1. The van der Waals surface area contributed by atoms with E-state index < -0.39 is 0 Å². The van der Waals surface area contributed by atoms with Crippen LogP contribution in [0.1, 0.15) is 42.5 Å². The average molecular weight is 310 g/mol. The van der Waals surface area contributed by atoms with Gasteiger partial charge in [-0.05, 0) is 54.5 Å². The average Bonchev–Trinajstić information content (AvgIpc) is 2.56. The van der Waals surface area contributed by atoms with Crippen molar-refractivity contribution in [3.8, 4) is 0 Å². The van der Waals surface area contributed by atoms with Crippen LogP contribution < -0.4 is 11.1 Å². The molecular formula is C20H26N2O. The van der Waals surface area contributed by atoms with Crippen LogP contribution in [0.2, 0.25) is 0 Å². The summed E-state index contributed by atoms with van der Waals surface area (Å²) < 4.78 is 0. The Labute approximate surface area is 138 Å². The van der Waals surface area contributed by atoms with Crippen LogP contribution in [0.5, 0.6) is 0 Å². The molecule has 0 bridgehead atoms. The number of benzene rings is 2. The molecule has 0 spiro atoms. The molecular weight excluding hydrogens is 284 g/mol. The summed E-state index contributed by atoms with van der Waals surface area (Å²) in [5.41, 5.74) is 12.3. The van der Waals surface area contributed by atoms with Gasteiger partial charge in [0.1, 0.15) is 0 Å². The van der Waals surface area contributed by atoms with Crippen molar-refractivity contribution in [3.05, 3.63) is 58.7 Å². The summed E-state index contributed by atoms with van der Waals surface area (Å²) in [6, 6.07) is 12.2. The first-order chi connectivity index (χ1) is 11.0. The van der Waals surface area contributed by atoms with Crippen LogP contribution in [0.15, 0.2) is 36.4 Å². The highest BCUT2D eigenvalue weighted by molar-refractivity contribution is 5.92. The summed E-state index contributed by atoms with van der Waals surface area (Å²) in [6.07, 6.45) is 2.99. The fraction of sp³-hybridized carbons (Fsp3) is 0.350. The number of amides is 1. The molecule has 2 aromatic carbocycles. The number of rotatable bonds is 6. The standard InChI is InChI=1S/C20H26N2O/c1-4-16-7-6-8-17(5-2)20(16)22-19(23)12-11-15-10-9-14(3)18(21)13-15/h6-10,13H,4-5,11-12,21H2,1-3H3,(H,22,23). The third-order valence-electron chi connectivity index (χ3n) is 4.25. The highest BCUT2D eigenvalue weighted by atomic mass is 16.1. The van der Waals surface area contributed by atoms with Crippen molar-refractivity contribution in [1.82, 2.24) is 0 Å². The van der Waals surface area contributed by atoms with Gasteiger partial charge in [0, 0.05) is 17.8 Å². The summed E-state index contributed by atoms with van der Waals surface area (Å²) in [6.45, 7) is 6.21. The van der Waals surface area contributed by atoms with Gasteiger partial charge in [0.05, 0.1) is 0 Å². The molecule has 3 heteroatoms. The van der Waals surface area contributed by atoms with Crippen molar-refractivity contribution in [2.24, 2.45) is 0 Å². The Kier molecular flexibility index (Phi) is 5.80. The maximum atomic E-state index is 12.3. The molecule has 0 fully saturated rings. The molecule has 0 aromatic heterocycles. The zero-order valence-corrected chi connectivity index (χ0v) is 14.3. The van der Waals surface area contributed by atoms with E-state index in [0.29, 0.717) is 12.8 Å². The van der Waals surface area contributed by atoms with Gasteiger partial charge in [0.2, 0.25) is 5.91 Å². The molecule has 0 saturated heterocycles. The molecule has 0 aliphatic rings. The number of hydrogen-bond acceptors (Lipinski definition) is 2. The van der Waals surface area contributed by atoms with Crippen molar-refractivity contribution in [3.63, 3.8) is 0 Å². The third-order valence-corrected chi connectivity index (χ3v) is 4.25. The Morgan fingerprint density at radius 1 is 1.09 bits per heavy atom. The number of carbonyl (C=O) groups is 1. The van der Waals surface area contributed by atoms with Gasteiger partial charge in [-0.25, -0.2) is 0 Å². The lowest BCUT2D eigenvalue weighted by atomic mass is 10.0. The quantitative estimate of drug-likeness (QED) is 0.783. The maximum Gasteiger partial charge on any atom is 0.224 e.